The Labute approximate surface area is 237 Å². The molecule has 230 valence electrons. The van der Waals surface area contributed by atoms with Crippen molar-refractivity contribution in [2.75, 3.05) is 39.4 Å². The molecule has 0 bridgehead atoms. The molecule has 1 aliphatic rings. The van der Waals surface area contributed by atoms with E-state index in [1.54, 1.807) is 0 Å². The molecule has 0 aliphatic carbocycles. The topological polar surface area (TPSA) is 136 Å². The van der Waals surface area contributed by atoms with Crippen LogP contribution in [0.4, 0.5) is 0 Å². The number of aliphatic carboxylic acids is 3. The molecule has 0 spiro atoms. The van der Waals surface area contributed by atoms with Gasteiger partial charge in [0.1, 0.15) is 0 Å². The Morgan fingerprint density at radius 3 is 1.49 bits per heavy atom. The minimum atomic E-state index is -1.82. The number of ether oxygens (including phenoxy) is 1. The largest absolute Gasteiger partial charge is 0.481 e. The third-order valence-electron chi connectivity index (χ3n) is 7.52. The Morgan fingerprint density at radius 1 is 0.692 bits per heavy atom. The van der Waals surface area contributed by atoms with E-state index in [0.717, 1.165) is 45.6 Å². The summed E-state index contributed by atoms with van der Waals surface area (Å²) in [6, 6.07) is 0. The van der Waals surface area contributed by atoms with Crippen molar-refractivity contribution in [3.05, 3.63) is 0 Å². The fourth-order valence-corrected chi connectivity index (χ4v) is 5.04. The maximum absolute atomic E-state index is 11.4. The van der Waals surface area contributed by atoms with Crippen molar-refractivity contribution < 1.29 is 34.4 Å². The van der Waals surface area contributed by atoms with Gasteiger partial charge in [-0.3, -0.25) is 9.69 Å². The maximum atomic E-state index is 11.4. The highest BCUT2D eigenvalue weighted by molar-refractivity contribution is 6.27. The molecule has 9 heteroatoms. The minimum Gasteiger partial charge on any atom is -0.481 e. The van der Waals surface area contributed by atoms with Gasteiger partial charge in [0.2, 0.25) is 0 Å². The van der Waals surface area contributed by atoms with Crippen molar-refractivity contribution >= 4 is 17.9 Å². The Balaban J connectivity index is 0.00000215. The van der Waals surface area contributed by atoms with E-state index in [-0.39, 0.29) is 12.0 Å². The van der Waals surface area contributed by atoms with Crippen LogP contribution in [0.15, 0.2) is 0 Å². The summed E-state index contributed by atoms with van der Waals surface area (Å²) in [4.78, 5) is 31.9. The Morgan fingerprint density at radius 2 is 1.10 bits per heavy atom. The van der Waals surface area contributed by atoms with Crippen LogP contribution in [-0.4, -0.2) is 83.1 Å². The smallest absolute Gasteiger partial charge is 0.414 e. The lowest BCUT2D eigenvalue weighted by atomic mass is 9.91. The van der Waals surface area contributed by atoms with Gasteiger partial charge >= 0.3 is 17.9 Å². The van der Waals surface area contributed by atoms with E-state index < -0.39 is 17.9 Å². The molecule has 1 aliphatic heterocycles. The average molecular weight is 559 g/mol. The second kappa shape index (κ2) is 25.3. The highest BCUT2D eigenvalue weighted by atomic mass is 16.5. The zero-order chi connectivity index (χ0) is 29.2. The van der Waals surface area contributed by atoms with Crippen LogP contribution in [0.1, 0.15) is 129 Å². The summed E-state index contributed by atoms with van der Waals surface area (Å²) in [5, 5.41) is 27.5. The van der Waals surface area contributed by atoms with Gasteiger partial charge in [0, 0.05) is 44.9 Å². The molecule has 1 unspecified atom stereocenters. The highest BCUT2D eigenvalue weighted by Crippen LogP contribution is 2.24. The van der Waals surface area contributed by atoms with E-state index in [2.05, 4.69) is 24.1 Å². The second-order valence-corrected chi connectivity index (χ2v) is 11.1. The number of carbonyl (C=O) groups is 3. The number of hydrogen-bond acceptors (Lipinski definition) is 6. The summed E-state index contributed by atoms with van der Waals surface area (Å²) >= 11 is 0. The summed E-state index contributed by atoms with van der Waals surface area (Å²) in [5.41, 5.74) is -0.303. The van der Waals surface area contributed by atoms with E-state index in [1.807, 2.05) is 0 Å². The quantitative estimate of drug-likeness (QED) is 0.0885. The van der Waals surface area contributed by atoms with Gasteiger partial charge in [-0.25, -0.2) is 9.59 Å². The first-order valence-electron chi connectivity index (χ1n) is 15.4. The third-order valence-corrected chi connectivity index (χ3v) is 7.52. The number of rotatable bonds is 23. The van der Waals surface area contributed by atoms with E-state index in [0.29, 0.717) is 6.61 Å². The maximum Gasteiger partial charge on any atom is 0.414 e. The molecule has 4 N–H and O–H groups in total. The van der Waals surface area contributed by atoms with Crippen molar-refractivity contribution in [2.24, 2.45) is 0 Å². The summed E-state index contributed by atoms with van der Waals surface area (Å²) in [7, 11) is 0. The molecule has 0 amide bonds. The molecular weight excluding hydrogens is 500 g/mol. The van der Waals surface area contributed by atoms with Gasteiger partial charge in [0.25, 0.3) is 0 Å². The van der Waals surface area contributed by atoms with Crippen LogP contribution in [0.25, 0.3) is 0 Å². The molecule has 1 fully saturated rings. The monoisotopic (exact) mass is 558 g/mol. The number of carboxylic acid groups (broad SMARTS) is 3. The molecule has 0 radical (unpaired) electrons. The van der Waals surface area contributed by atoms with Crippen LogP contribution in [0, 0.1) is 0 Å². The number of piperazine rings is 1. The molecule has 0 aromatic heterocycles. The molecule has 1 atom stereocenters. The standard InChI is InChI=1S/C28H56N2O3.C2H2O4/c1-3-4-5-6-7-8-9-10-11-12-13-14-15-16-17-18-24-33-25-19-28(2,26-27(31)32)30-22-20-29-21-23-30;3-1(4)2(5)6/h29H,3-26H2,1-2H3,(H,31,32);(H,3,4)(H,5,6). The Kier molecular flexibility index (Phi) is 24.2. The summed E-state index contributed by atoms with van der Waals surface area (Å²) in [6.07, 6.45) is 23.1. The number of carboxylic acids is 3. The van der Waals surface area contributed by atoms with Crippen molar-refractivity contribution in [1.82, 2.24) is 10.2 Å². The number of nitrogens with zero attached hydrogens (tertiary/aromatic N) is 1. The zero-order valence-corrected chi connectivity index (χ0v) is 24.9. The van der Waals surface area contributed by atoms with Crippen LogP contribution >= 0.6 is 0 Å². The van der Waals surface area contributed by atoms with E-state index >= 15 is 0 Å². The molecule has 1 saturated heterocycles. The fourth-order valence-electron chi connectivity index (χ4n) is 5.04. The molecule has 9 nitrogen and oxygen atoms in total. The molecule has 1 rings (SSSR count). The molecule has 0 aromatic carbocycles. The van der Waals surface area contributed by atoms with Crippen molar-refractivity contribution in [3.8, 4) is 0 Å². The van der Waals surface area contributed by atoms with E-state index in [4.69, 9.17) is 24.5 Å². The van der Waals surface area contributed by atoms with E-state index in [9.17, 15) is 9.90 Å². The first kappa shape index (κ1) is 37.3. The predicted octanol–water partition coefficient (Wildman–Crippen LogP) is 5.95. The number of unbranched alkanes of at least 4 members (excludes halogenated alkanes) is 15. The van der Waals surface area contributed by atoms with Gasteiger partial charge in [0.15, 0.2) is 0 Å². The molecular formula is C30H58N2O7. The van der Waals surface area contributed by atoms with Crippen LogP contribution in [0.2, 0.25) is 0 Å². The van der Waals surface area contributed by atoms with Gasteiger partial charge in [-0.15, -0.1) is 0 Å². The van der Waals surface area contributed by atoms with Crippen molar-refractivity contribution in [2.45, 2.75) is 135 Å². The van der Waals surface area contributed by atoms with Crippen LogP contribution < -0.4 is 5.32 Å². The van der Waals surface area contributed by atoms with Crippen LogP contribution in [0.3, 0.4) is 0 Å². The SMILES string of the molecule is CCCCCCCCCCCCCCCCCCOCCC(C)(CC(=O)O)N1CCNCC1.O=C(O)C(=O)O. The second-order valence-electron chi connectivity index (χ2n) is 11.1. The normalized spacial score (nSPS) is 15.2. The van der Waals surface area contributed by atoms with Crippen LogP contribution in [0.5, 0.6) is 0 Å². The zero-order valence-electron chi connectivity index (χ0n) is 24.9. The van der Waals surface area contributed by atoms with Crippen molar-refractivity contribution in [1.29, 1.82) is 0 Å². The van der Waals surface area contributed by atoms with Gasteiger partial charge in [-0.05, 0) is 19.8 Å². The molecule has 39 heavy (non-hydrogen) atoms. The average Bonchev–Trinajstić information content (AvgIpc) is 2.90. The van der Waals surface area contributed by atoms with Gasteiger partial charge in [-0.1, -0.05) is 103 Å². The first-order chi connectivity index (χ1) is 18.7. The first-order valence-corrected chi connectivity index (χ1v) is 15.4. The number of nitrogens with one attached hydrogen (secondary N) is 1. The molecule has 0 saturated carbocycles. The lowest BCUT2D eigenvalue weighted by Gasteiger charge is -2.43. The third kappa shape index (κ3) is 22.8. The fraction of sp³-hybridized carbons (Fsp3) is 0.900. The predicted molar refractivity (Wildman–Crippen MR) is 155 cm³/mol. The van der Waals surface area contributed by atoms with Gasteiger partial charge in [0.05, 0.1) is 6.42 Å². The van der Waals surface area contributed by atoms with Gasteiger partial charge in [-0.2, -0.15) is 0 Å². The minimum absolute atomic E-state index is 0.190. The van der Waals surface area contributed by atoms with E-state index in [1.165, 1.54) is 96.3 Å². The molecule has 1 heterocycles. The van der Waals surface area contributed by atoms with Crippen molar-refractivity contribution in [3.63, 3.8) is 0 Å². The summed E-state index contributed by atoms with van der Waals surface area (Å²) < 4.78 is 5.89. The highest BCUT2D eigenvalue weighted by Gasteiger charge is 2.34. The lowest BCUT2D eigenvalue weighted by molar-refractivity contribution is -0.159. The summed E-state index contributed by atoms with van der Waals surface area (Å²) in [6.45, 7) is 9.56. The number of hydrogen-bond donors (Lipinski definition) is 4. The Hall–Kier alpha value is -1.71. The summed E-state index contributed by atoms with van der Waals surface area (Å²) in [5.74, 6) is -4.36. The Bertz CT molecular complexity index is 614. The lowest BCUT2D eigenvalue weighted by Crippen LogP contribution is -2.56. The van der Waals surface area contributed by atoms with Gasteiger partial charge < -0.3 is 25.4 Å². The molecule has 0 aromatic rings. The van der Waals surface area contributed by atoms with Crippen LogP contribution in [-0.2, 0) is 19.1 Å².